The number of Topliss-reactive ketones (excluding diaryl/α,β-unsaturated/α-hetero) is 1. The van der Waals surface area contributed by atoms with Crippen molar-refractivity contribution < 1.29 is 24.0 Å². The molecule has 2 atom stereocenters. The van der Waals surface area contributed by atoms with Gasteiger partial charge in [0.25, 0.3) is 11.8 Å². The zero-order valence-electron chi connectivity index (χ0n) is 26.6. The Morgan fingerprint density at radius 2 is 1.44 bits per heavy atom. The van der Waals surface area contributed by atoms with Crippen LogP contribution in [0.25, 0.3) is 11.0 Å². The average molecular weight is 621 g/mol. The van der Waals surface area contributed by atoms with Crippen molar-refractivity contribution in [1.82, 2.24) is 31.2 Å². The largest absolute Gasteiger partial charge is 0.354 e. The molecule has 0 aliphatic heterocycles. The minimum atomic E-state index is -1.21. The van der Waals surface area contributed by atoms with Crippen LogP contribution in [0.1, 0.15) is 108 Å². The molecule has 2 aliphatic carbocycles. The summed E-state index contributed by atoms with van der Waals surface area (Å²) in [4.78, 5) is 74.8. The molecule has 1 aromatic heterocycles. The molecule has 2 aromatic rings. The highest BCUT2D eigenvalue weighted by Gasteiger charge is 2.33. The molecule has 0 radical (unpaired) electrons. The van der Waals surface area contributed by atoms with Crippen LogP contribution >= 0.6 is 0 Å². The van der Waals surface area contributed by atoms with Gasteiger partial charge >= 0.3 is 0 Å². The van der Waals surface area contributed by atoms with Crippen LogP contribution in [0.5, 0.6) is 0 Å². The molecule has 2 fully saturated rings. The third kappa shape index (κ3) is 10.6. The topological polar surface area (TPSA) is 159 Å². The van der Waals surface area contributed by atoms with Crippen LogP contribution in [-0.4, -0.2) is 64.1 Å². The van der Waals surface area contributed by atoms with Crippen molar-refractivity contribution in [3.8, 4) is 0 Å². The number of rotatable bonds is 14. The number of fused-ring (bicyclic) bond motifs is 1. The molecule has 4 amide bonds. The Hall–Kier alpha value is -3.89. The number of carbonyl (C=O) groups excluding carboxylic acids is 5. The zero-order chi connectivity index (χ0) is 32.2. The number of nitrogens with zero attached hydrogens (tertiary/aromatic N) is 2. The van der Waals surface area contributed by atoms with Crippen molar-refractivity contribution >= 4 is 40.4 Å². The number of hydrogen-bond acceptors (Lipinski definition) is 7. The summed E-state index contributed by atoms with van der Waals surface area (Å²) in [6.45, 7) is 4.07. The number of nitrogens with one attached hydrogen (secondary N) is 4. The van der Waals surface area contributed by atoms with Crippen LogP contribution in [0.3, 0.4) is 0 Å². The van der Waals surface area contributed by atoms with Gasteiger partial charge in [-0.2, -0.15) is 0 Å². The molecule has 45 heavy (non-hydrogen) atoms. The van der Waals surface area contributed by atoms with Crippen LogP contribution in [0.4, 0.5) is 0 Å². The molecular weight excluding hydrogens is 572 g/mol. The lowest BCUT2D eigenvalue weighted by Crippen LogP contribution is -2.54. The fourth-order valence-electron chi connectivity index (χ4n) is 6.37. The Labute approximate surface area is 265 Å². The van der Waals surface area contributed by atoms with Gasteiger partial charge in [-0.25, -0.2) is 4.98 Å². The summed E-state index contributed by atoms with van der Waals surface area (Å²) in [5, 5.41) is 11.1. The first kappa shape index (κ1) is 34.0. The fourth-order valence-corrected chi connectivity index (χ4v) is 6.37. The predicted octanol–water partition coefficient (Wildman–Crippen LogP) is 3.75. The van der Waals surface area contributed by atoms with E-state index in [2.05, 4.69) is 31.2 Å². The van der Waals surface area contributed by atoms with Gasteiger partial charge in [0.15, 0.2) is 0 Å². The van der Waals surface area contributed by atoms with Crippen molar-refractivity contribution in [2.45, 2.75) is 115 Å². The third-order valence-electron chi connectivity index (χ3n) is 8.84. The summed E-state index contributed by atoms with van der Waals surface area (Å²) in [5.74, 6) is -2.40. The van der Waals surface area contributed by atoms with Gasteiger partial charge in [-0.15, -0.1) is 0 Å². The van der Waals surface area contributed by atoms with Crippen LogP contribution < -0.4 is 21.3 Å². The second-order valence-corrected chi connectivity index (χ2v) is 12.9. The molecule has 2 saturated carbocycles. The lowest BCUT2D eigenvalue weighted by molar-refractivity contribution is -0.140. The van der Waals surface area contributed by atoms with Gasteiger partial charge in [-0.1, -0.05) is 63.5 Å². The van der Waals surface area contributed by atoms with Crippen molar-refractivity contribution in [2.75, 3.05) is 6.54 Å². The summed E-state index contributed by atoms with van der Waals surface area (Å²) in [6, 6.07) is 4.94. The molecule has 0 saturated heterocycles. The van der Waals surface area contributed by atoms with Crippen molar-refractivity contribution in [3.05, 3.63) is 36.2 Å². The minimum Gasteiger partial charge on any atom is -0.354 e. The molecule has 4 rings (SSSR count). The number of benzene rings is 1. The van der Waals surface area contributed by atoms with Crippen LogP contribution in [0, 0.1) is 11.8 Å². The lowest BCUT2D eigenvalue weighted by atomic mass is 9.84. The highest BCUT2D eigenvalue weighted by molar-refractivity contribution is 6.38. The molecule has 11 heteroatoms. The van der Waals surface area contributed by atoms with Gasteiger partial charge < -0.3 is 21.3 Å². The second kappa shape index (κ2) is 17.0. The van der Waals surface area contributed by atoms with E-state index in [1.807, 2.05) is 26.0 Å². The van der Waals surface area contributed by atoms with Crippen LogP contribution in [-0.2, 0) is 19.2 Å². The molecule has 0 bridgehead atoms. The second-order valence-electron chi connectivity index (χ2n) is 12.9. The number of para-hydroxylation sites is 2. The van der Waals surface area contributed by atoms with Gasteiger partial charge in [-0.05, 0) is 63.5 Å². The van der Waals surface area contributed by atoms with E-state index in [1.165, 1.54) is 12.6 Å². The number of aromatic nitrogens is 2. The van der Waals surface area contributed by atoms with E-state index in [0.717, 1.165) is 57.8 Å². The SMILES string of the molecule is CC(C)NC(=O)CC[C@H](NC(=O)[C@H](CC1CCCCC1)NC(=O)c1cnc2ccccc2n1)C(=O)C(=O)NCC1CCCCC1. The van der Waals surface area contributed by atoms with E-state index in [-0.39, 0.29) is 36.4 Å². The Morgan fingerprint density at radius 3 is 2.11 bits per heavy atom. The Bertz CT molecular complexity index is 1340. The molecule has 1 heterocycles. The van der Waals surface area contributed by atoms with E-state index < -0.39 is 35.6 Å². The van der Waals surface area contributed by atoms with E-state index in [4.69, 9.17) is 0 Å². The summed E-state index contributed by atoms with van der Waals surface area (Å²) in [6.07, 6.45) is 12.2. The summed E-state index contributed by atoms with van der Waals surface area (Å²) >= 11 is 0. The maximum atomic E-state index is 13.8. The Balaban J connectivity index is 1.48. The molecule has 11 nitrogen and oxygen atoms in total. The van der Waals surface area contributed by atoms with Gasteiger partial charge in [0.2, 0.25) is 17.6 Å². The number of hydrogen-bond donors (Lipinski definition) is 4. The summed E-state index contributed by atoms with van der Waals surface area (Å²) < 4.78 is 0. The highest BCUT2D eigenvalue weighted by Crippen LogP contribution is 2.28. The molecule has 4 N–H and O–H groups in total. The number of amides is 4. The Morgan fingerprint density at radius 1 is 0.800 bits per heavy atom. The number of ketones is 1. The normalized spacial score (nSPS) is 17.3. The fraction of sp³-hybridized carbons (Fsp3) is 0.618. The first-order chi connectivity index (χ1) is 21.7. The van der Waals surface area contributed by atoms with Gasteiger partial charge in [0.1, 0.15) is 11.7 Å². The van der Waals surface area contributed by atoms with E-state index in [9.17, 15) is 24.0 Å². The average Bonchev–Trinajstić information content (AvgIpc) is 3.05. The van der Waals surface area contributed by atoms with Crippen LogP contribution in [0.2, 0.25) is 0 Å². The predicted molar refractivity (Wildman–Crippen MR) is 171 cm³/mol. The maximum absolute atomic E-state index is 13.8. The minimum absolute atomic E-state index is 0.0414. The van der Waals surface area contributed by atoms with Gasteiger partial charge in [-0.3, -0.25) is 29.0 Å². The number of carbonyl (C=O) groups is 5. The Kier molecular flexibility index (Phi) is 12.8. The first-order valence-electron chi connectivity index (χ1n) is 16.6. The third-order valence-corrected chi connectivity index (χ3v) is 8.84. The summed E-state index contributed by atoms with van der Waals surface area (Å²) in [5.41, 5.74) is 1.29. The quantitative estimate of drug-likeness (QED) is 0.234. The maximum Gasteiger partial charge on any atom is 0.289 e. The van der Waals surface area contributed by atoms with E-state index in [1.54, 1.807) is 12.1 Å². The van der Waals surface area contributed by atoms with Crippen molar-refractivity contribution in [2.24, 2.45) is 11.8 Å². The van der Waals surface area contributed by atoms with Crippen LogP contribution in [0.15, 0.2) is 30.5 Å². The molecule has 2 aliphatic rings. The molecule has 1 aromatic carbocycles. The summed E-state index contributed by atoms with van der Waals surface area (Å²) in [7, 11) is 0. The molecular formula is C34H48N6O5. The zero-order valence-corrected chi connectivity index (χ0v) is 26.6. The smallest absolute Gasteiger partial charge is 0.289 e. The van der Waals surface area contributed by atoms with E-state index >= 15 is 0 Å². The molecule has 0 unspecified atom stereocenters. The molecule has 244 valence electrons. The monoisotopic (exact) mass is 620 g/mol. The van der Waals surface area contributed by atoms with Crippen molar-refractivity contribution in [3.63, 3.8) is 0 Å². The van der Waals surface area contributed by atoms with E-state index in [0.29, 0.717) is 29.9 Å². The van der Waals surface area contributed by atoms with Gasteiger partial charge in [0, 0.05) is 19.0 Å². The lowest BCUT2D eigenvalue weighted by Gasteiger charge is -2.28. The van der Waals surface area contributed by atoms with Crippen molar-refractivity contribution in [1.29, 1.82) is 0 Å². The highest BCUT2D eigenvalue weighted by atomic mass is 16.2. The molecule has 0 spiro atoms. The van der Waals surface area contributed by atoms with Gasteiger partial charge in [0.05, 0.1) is 23.3 Å². The first-order valence-corrected chi connectivity index (χ1v) is 16.6. The standard InChI is InChI=1S/C34H48N6O5/c1-22(2)37-30(41)18-17-27(31(42)34(45)36-20-24-13-7-4-8-14-24)39-32(43)28(19-23-11-5-3-6-12-23)40-33(44)29-21-35-25-15-9-10-16-26(25)38-29/h9-10,15-16,21-24,27-28H,3-8,11-14,17-20H2,1-2H3,(H,36,45)(H,37,41)(H,39,43)(H,40,44)/t27-,28-/m0/s1.